The van der Waals surface area contributed by atoms with Crippen molar-refractivity contribution in [3.63, 3.8) is 0 Å². The molecule has 1 heterocycles. The third-order valence-electron chi connectivity index (χ3n) is 4.58. The number of hydrogen-bond donors (Lipinski definition) is 2. The monoisotopic (exact) mass is 288 g/mol. The molecule has 0 bridgehead atoms. The highest BCUT2D eigenvalue weighted by Crippen LogP contribution is 2.34. The summed E-state index contributed by atoms with van der Waals surface area (Å²) in [7, 11) is 0. The summed E-state index contributed by atoms with van der Waals surface area (Å²) >= 11 is 0. The molecular formula is C15H29ClN2O. The number of rotatable bonds is 6. The first-order chi connectivity index (χ1) is 8.70. The second-order valence-electron chi connectivity index (χ2n) is 6.25. The summed E-state index contributed by atoms with van der Waals surface area (Å²) in [5.41, 5.74) is 0. The molecule has 2 aliphatic rings. The molecule has 19 heavy (non-hydrogen) atoms. The Balaban J connectivity index is 0.00000180. The van der Waals surface area contributed by atoms with E-state index in [0.717, 1.165) is 19.0 Å². The highest BCUT2D eigenvalue weighted by atomic mass is 35.5. The fraction of sp³-hybridized carbons (Fsp3) is 0.933. The van der Waals surface area contributed by atoms with Crippen LogP contribution >= 0.6 is 12.4 Å². The van der Waals surface area contributed by atoms with Crippen molar-refractivity contribution in [2.75, 3.05) is 13.1 Å². The molecule has 4 unspecified atom stereocenters. The van der Waals surface area contributed by atoms with E-state index >= 15 is 0 Å². The lowest BCUT2D eigenvalue weighted by Gasteiger charge is -2.28. The van der Waals surface area contributed by atoms with Crippen molar-refractivity contribution in [3.8, 4) is 0 Å². The number of hydrogen-bond acceptors (Lipinski definition) is 2. The van der Waals surface area contributed by atoms with Crippen molar-refractivity contribution in [2.45, 2.75) is 58.4 Å². The first kappa shape index (κ1) is 16.8. The van der Waals surface area contributed by atoms with Crippen molar-refractivity contribution < 1.29 is 4.79 Å². The van der Waals surface area contributed by atoms with Gasteiger partial charge in [0, 0.05) is 12.5 Å². The second kappa shape index (κ2) is 8.11. The normalized spacial score (nSPS) is 31.2. The SMILES string of the molecule is CCCC1CC1NC(=O)CC(C)C1CCCNC1.Cl. The summed E-state index contributed by atoms with van der Waals surface area (Å²) in [5, 5.41) is 6.63. The van der Waals surface area contributed by atoms with E-state index in [1.54, 1.807) is 0 Å². The van der Waals surface area contributed by atoms with E-state index in [0.29, 0.717) is 24.3 Å². The molecule has 1 aliphatic carbocycles. The smallest absolute Gasteiger partial charge is 0.220 e. The lowest BCUT2D eigenvalue weighted by molar-refractivity contribution is -0.122. The standard InChI is InChI=1S/C15H28N2O.ClH/c1-3-5-12-9-14(12)17-15(18)8-11(2)13-6-4-7-16-10-13;/h11-14,16H,3-10H2,1-2H3,(H,17,18);1H. The van der Waals surface area contributed by atoms with Gasteiger partial charge in [0.1, 0.15) is 0 Å². The predicted molar refractivity (Wildman–Crippen MR) is 81.6 cm³/mol. The summed E-state index contributed by atoms with van der Waals surface area (Å²) in [6.45, 7) is 6.69. The molecule has 0 spiro atoms. The van der Waals surface area contributed by atoms with Gasteiger partial charge in [-0.2, -0.15) is 0 Å². The molecular weight excluding hydrogens is 260 g/mol. The van der Waals surface area contributed by atoms with E-state index in [4.69, 9.17) is 0 Å². The van der Waals surface area contributed by atoms with Crippen molar-refractivity contribution in [2.24, 2.45) is 17.8 Å². The molecule has 112 valence electrons. The predicted octanol–water partition coefficient (Wildman–Crippen LogP) is 2.74. The van der Waals surface area contributed by atoms with Crippen LogP contribution in [0.15, 0.2) is 0 Å². The minimum atomic E-state index is 0. The third-order valence-corrected chi connectivity index (χ3v) is 4.58. The maximum Gasteiger partial charge on any atom is 0.220 e. The largest absolute Gasteiger partial charge is 0.353 e. The fourth-order valence-corrected chi connectivity index (χ4v) is 3.20. The van der Waals surface area contributed by atoms with Crippen LogP contribution in [0, 0.1) is 17.8 Å². The average Bonchev–Trinajstić information content (AvgIpc) is 3.08. The van der Waals surface area contributed by atoms with Crippen LogP contribution in [0.5, 0.6) is 0 Å². The quantitative estimate of drug-likeness (QED) is 0.789. The average molecular weight is 289 g/mol. The number of carbonyl (C=O) groups is 1. The first-order valence-corrected chi connectivity index (χ1v) is 7.70. The topological polar surface area (TPSA) is 41.1 Å². The lowest BCUT2D eigenvalue weighted by Crippen LogP contribution is -2.36. The van der Waals surface area contributed by atoms with E-state index in [2.05, 4.69) is 24.5 Å². The van der Waals surface area contributed by atoms with Gasteiger partial charge in [0.05, 0.1) is 0 Å². The van der Waals surface area contributed by atoms with Crippen LogP contribution in [0.3, 0.4) is 0 Å². The molecule has 0 aromatic heterocycles. The van der Waals surface area contributed by atoms with Crippen molar-refractivity contribution in [3.05, 3.63) is 0 Å². The van der Waals surface area contributed by atoms with Crippen molar-refractivity contribution in [1.29, 1.82) is 0 Å². The van der Waals surface area contributed by atoms with Crippen molar-refractivity contribution in [1.82, 2.24) is 10.6 Å². The molecule has 1 saturated heterocycles. The molecule has 3 nitrogen and oxygen atoms in total. The van der Waals surface area contributed by atoms with Gasteiger partial charge in [-0.3, -0.25) is 4.79 Å². The van der Waals surface area contributed by atoms with E-state index in [-0.39, 0.29) is 18.3 Å². The van der Waals surface area contributed by atoms with Crippen LogP contribution in [0.1, 0.15) is 52.4 Å². The van der Waals surface area contributed by atoms with Crippen LogP contribution < -0.4 is 10.6 Å². The maximum absolute atomic E-state index is 12.0. The van der Waals surface area contributed by atoms with Crippen LogP contribution in [-0.2, 0) is 4.79 Å². The molecule has 2 N–H and O–H groups in total. The minimum Gasteiger partial charge on any atom is -0.353 e. The molecule has 2 rings (SSSR count). The Kier molecular flexibility index (Phi) is 7.16. The maximum atomic E-state index is 12.0. The fourth-order valence-electron chi connectivity index (χ4n) is 3.20. The Bertz CT molecular complexity index is 279. The molecule has 0 aromatic carbocycles. The van der Waals surface area contributed by atoms with Gasteiger partial charge >= 0.3 is 0 Å². The second-order valence-corrected chi connectivity index (χ2v) is 6.25. The van der Waals surface area contributed by atoms with E-state index in [1.165, 1.54) is 32.1 Å². The molecule has 2 fully saturated rings. The van der Waals surface area contributed by atoms with Gasteiger partial charge in [-0.05, 0) is 56.5 Å². The number of nitrogens with one attached hydrogen (secondary N) is 2. The van der Waals surface area contributed by atoms with E-state index in [1.807, 2.05) is 0 Å². The van der Waals surface area contributed by atoms with Gasteiger partial charge in [0.25, 0.3) is 0 Å². The Morgan fingerprint density at radius 2 is 2.26 bits per heavy atom. The molecule has 0 radical (unpaired) electrons. The molecule has 1 saturated carbocycles. The van der Waals surface area contributed by atoms with Gasteiger partial charge in [-0.25, -0.2) is 0 Å². The number of halogens is 1. The van der Waals surface area contributed by atoms with Gasteiger partial charge in [0.15, 0.2) is 0 Å². The Hall–Kier alpha value is -0.280. The van der Waals surface area contributed by atoms with Gasteiger partial charge in [-0.1, -0.05) is 20.3 Å². The number of carbonyl (C=O) groups excluding carboxylic acids is 1. The molecule has 4 atom stereocenters. The summed E-state index contributed by atoms with van der Waals surface area (Å²) in [6.07, 6.45) is 6.97. The van der Waals surface area contributed by atoms with E-state index < -0.39 is 0 Å². The summed E-state index contributed by atoms with van der Waals surface area (Å²) < 4.78 is 0. The van der Waals surface area contributed by atoms with Crippen LogP contribution in [0.2, 0.25) is 0 Å². The van der Waals surface area contributed by atoms with Crippen LogP contribution in [0.4, 0.5) is 0 Å². The van der Waals surface area contributed by atoms with E-state index in [9.17, 15) is 4.79 Å². The lowest BCUT2D eigenvalue weighted by atomic mass is 9.85. The summed E-state index contributed by atoms with van der Waals surface area (Å²) in [6, 6.07) is 0.495. The summed E-state index contributed by atoms with van der Waals surface area (Å²) in [5.74, 6) is 2.25. The summed E-state index contributed by atoms with van der Waals surface area (Å²) in [4.78, 5) is 12.0. The Morgan fingerprint density at radius 1 is 1.47 bits per heavy atom. The van der Waals surface area contributed by atoms with Gasteiger partial charge in [-0.15, -0.1) is 12.4 Å². The molecule has 1 amide bonds. The zero-order valence-corrected chi connectivity index (χ0v) is 13.1. The third kappa shape index (κ3) is 5.31. The highest BCUT2D eigenvalue weighted by Gasteiger charge is 2.37. The number of piperidine rings is 1. The highest BCUT2D eigenvalue weighted by molar-refractivity contribution is 5.85. The van der Waals surface area contributed by atoms with Gasteiger partial charge in [0.2, 0.25) is 5.91 Å². The molecule has 1 aliphatic heterocycles. The van der Waals surface area contributed by atoms with Gasteiger partial charge < -0.3 is 10.6 Å². The number of amides is 1. The minimum absolute atomic E-state index is 0. The Morgan fingerprint density at radius 3 is 2.89 bits per heavy atom. The Labute approximate surface area is 123 Å². The van der Waals surface area contributed by atoms with Crippen molar-refractivity contribution >= 4 is 18.3 Å². The molecule has 0 aromatic rings. The molecule has 4 heteroatoms. The zero-order chi connectivity index (χ0) is 13.0. The van der Waals surface area contributed by atoms with Crippen LogP contribution in [0.25, 0.3) is 0 Å². The first-order valence-electron chi connectivity index (χ1n) is 7.70. The zero-order valence-electron chi connectivity index (χ0n) is 12.3. The van der Waals surface area contributed by atoms with Crippen LogP contribution in [-0.4, -0.2) is 25.0 Å².